The number of carbonyl (C=O) groups is 1. The molecule has 1 saturated heterocycles. The van der Waals surface area contributed by atoms with Crippen LogP contribution in [0.15, 0.2) is 35.4 Å². The molecule has 1 atom stereocenters. The van der Waals surface area contributed by atoms with Gasteiger partial charge in [-0.05, 0) is 44.0 Å². The summed E-state index contributed by atoms with van der Waals surface area (Å²) in [6.07, 6.45) is 2.67. The molecule has 8 nitrogen and oxygen atoms in total. The molecule has 0 N–H and O–H groups in total. The van der Waals surface area contributed by atoms with Crippen molar-refractivity contribution < 1.29 is 22.7 Å². The van der Waals surface area contributed by atoms with Crippen molar-refractivity contribution in [3.63, 3.8) is 0 Å². The molecule has 3 aromatic rings. The highest BCUT2D eigenvalue weighted by molar-refractivity contribution is 7.89. The molecule has 1 aromatic carbocycles. The number of sulfonamides is 1. The fourth-order valence-corrected chi connectivity index (χ4v) is 6.51. The average molecular weight is 533 g/mol. The SMILES string of the molecule is COC(=O)[C@@H]1CCCN1S(=O)(=O)c1ccc(Cl)c(COc2cccn3c(Cl)c(C)nc23)c1Cl. The number of halogens is 3. The number of carbonyl (C=O) groups excluding carboxylic acids is 1. The van der Waals surface area contributed by atoms with Crippen LogP contribution in [-0.4, -0.2) is 47.8 Å². The van der Waals surface area contributed by atoms with Crippen LogP contribution in [0.5, 0.6) is 5.75 Å². The number of imidazole rings is 1. The molecule has 4 rings (SSSR count). The average Bonchev–Trinajstić information content (AvgIpc) is 3.39. The predicted molar refractivity (Wildman–Crippen MR) is 125 cm³/mol. The molecular weight excluding hydrogens is 513 g/mol. The minimum Gasteiger partial charge on any atom is -0.485 e. The first-order valence-corrected chi connectivity index (χ1v) is 12.6. The molecule has 3 heterocycles. The van der Waals surface area contributed by atoms with E-state index in [-0.39, 0.29) is 28.1 Å². The van der Waals surface area contributed by atoms with Crippen molar-refractivity contribution in [3.8, 4) is 5.75 Å². The largest absolute Gasteiger partial charge is 0.485 e. The minimum absolute atomic E-state index is 0.0671. The number of aromatic nitrogens is 2. The Morgan fingerprint density at radius 3 is 2.73 bits per heavy atom. The number of aryl methyl sites for hydroxylation is 1. The number of ether oxygens (including phenoxy) is 2. The molecule has 33 heavy (non-hydrogen) atoms. The fraction of sp³-hybridized carbons (Fsp3) is 0.333. The summed E-state index contributed by atoms with van der Waals surface area (Å²) < 4.78 is 40.2. The second-order valence-electron chi connectivity index (χ2n) is 7.48. The molecule has 1 aliphatic rings. The van der Waals surface area contributed by atoms with E-state index < -0.39 is 22.0 Å². The van der Waals surface area contributed by atoms with E-state index in [0.717, 1.165) is 4.31 Å². The summed E-state index contributed by atoms with van der Waals surface area (Å²) in [7, 11) is -2.85. The molecule has 0 spiro atoms. The number of nitrogens with zero attached hydrogens (tertiary/aromatic N) is 3. The Morgan fingerprint density at radius 1 is 1.24 bits per heavy atom. The summed E-state index contributed by atoms with van der Waals surface area (Å²) in [5.41, 5.74) is 1.45. The van der Waals surface area contributed by atoms with Crippen molar-refractivity contribution in [1.82, 2.24) is 13.7 Å². The maximum Gasteiger partial charge on any atom is 0.324 e. The molecule has 0 radical (unpaired) electrons. The smallest absolute Gasteiger partial charge is 0.324 e. The summed E-state index contributed by atoms with van der Waals surface area (Å²) in [4.78, 5) is 16.3. The maximum absolute atomic E-state index is 13.4. The highest BCUT2D eigenvalue weighted by atomic mass is 35.5. The number of rotatable bonds is 6. The van der Waals surface area contributed by atoms with E-state index in [1.807, 2.05) is 0 Å². The highest BCUT2D eigenvalue weighted by Gasteiger charge is 2.41. The lowest BCUT2D eigenvalue weighted by Crippen LogP contribution is -2.41. The third kappa shape index (κ3) is 4.28. The van der Waals surface area contributed by atoms with Crippen LogP contribution in [0, 0.1) is 6.92 Å². The monoisotopic (exact) mass is 531 g/mol. The molecule has 0 amide bonds. The van der Waals surface area contributed by atoms with E-state index in [0.29, 0.717) is 40.6 Å². The molecule has 12 heteroatoms. The van der Waals surface area contributed by atoms with Crippen molar-refractivity contribution in [3.05, 3.63) is 56.9 Å². The van der Waals surface area contributed by atoms with Crippen LogP contribution in [0.1, 0.15) is 24.1 Å². The normalized spacial score (nSPS) is 16.9. The van der Waals surface area contributed by atoms with Gasteiger partial charge in [-0.3, -0.25) is 9.20 Å². The number of benzene rings is 1. The molecule has 0 saturated carbocycles. The first-order valence-electron chi connectivity index (χ1n) is 9.99. The van der Waals surface area contributed by atoms with Gasteiger partial charge in [-0.1, -0.05) is 34.8 Å². The van der Waals surface area contributed by atoms with Gasteiger partial charge in [0.25, 0.3) is 0 Å². The lowest BCUT2D eigenvalue weighted by molar-refractivity contribution is -0.144. The van der Waals surface area contributed by atoms with Crippen molar-refractivity contribution in [1.29, 1.82) is 0 Å². The summed E-state index contributed by atoms with van der Waals surface area (Å²) >= 11 is 19.1. The Kier molecular flexibility index (Phi) is 6.80. The Hall–Kier alpha value is -2.04. The van der Waals surface area contributed by atoms with E-state index in [9.17, 15) is 13.2 Å². The van der Waals surface area contributed by atoms with Crippen LogP contribution in [0.25, 0.3) is 5.65 Å². The van der Waals surface area contributed by atoms with Gasteiger partial charge in [0.05, 0.1) is 17.8 Å². The standard InChI is InChI=1S/C21H20Cl3N3O5S/c1-12-19(24)26-9-4-6-16(20(26)25-12)32-11-13-14(22)7-8-17(18(13)23)33(29,30)27-10-3-5-15(27)21(28)31-2/h4,6-9,15H,3,5,10-11H2,1-2H3/t15-/m0/s1. The third-order valence-corrected chi connectivity index (χ3v) is 8.81. The Morgan fingerprint density at radius 2 is 2.00 bits per heavy atom. The van der Waals surface area contributed by atoms with Crippen molar-refractivity contribution in [2.75, 3.05) is 13.7 Å². The predicted octanol–water partition coefficient (Wildman–Crippen LogP) is 4.51. The summed E-state index contributed by atoms with van der Waals surface area (Å²) in [6.45, 7) is 1.86. The molecule has 0 aliphatic carbocycles. The summed E-state index contributed by atoms with van der Waals surface area (Å²) in [6, 6.07) is 5.34. The topological polar surface area (TPSA) is 90.2 Å². The Bertz CT molecular complexity index is 1340. The van der Waals surface area contributed by atoms with Crippen molar-refractivity contribution in [2.24, 2.45) is 0 Å². The number of esters is 1. The van der Waals surface area contributed by atoms with E-state index in [1.165, 1.54) is 19.2 Å². The number of hydrogen-bond acceptors (Lipinski definition) is 6. The van der Waals surface area contributed by atoms with Gasteiger partial charge in [0.1, 0.15) is 22.7 Å². The minimum atomic E-state index is -4.08. The number of fused-ring (bicyclic) bond motifs is 1. The lowest BCUT2D eigenvalue weighted by atomic mass is 10.2. The first-order chi connectivity index (χ1) is 15.7. The van der Waals surface area contributed by atoms with Gasteiger partial charge in [-0.15, -0.1) is 0 Å². The van der Waals surface area contributed by atoms with E-state index in [4.69, 9.17) is 44.3 Å². The van der Waals surface area contributed by atoms with E-state index in [1.54, 1.807) is 29.7 Å². The fourth-order valence-electron chi connectivity index (χ4n) is 3.82. The van der Waals surface area contributed by atoms with Gasteiger partial charge < -0.3 is 9.47 Å². The van der Waals surface area contributed by atoms with Gasteiger partial charge >= 0.3 is 5.97 Å². The second-order valence-corrected chi connectivity index (χ2v) is 10.5. The first kappa shape index (κ1) is 24.1. The van der Waals surface area contributed by atoms with Crippen LogP contribution < -0.4 is 4.74 Å². The number of pyridine rings is 1. The van der Waals surface area contributed by atoms with Crippen LogP contribution in [0.3, 0.4) is 0 Å². The van der Waals surface area contributed by atoms with E-state index in [2.05, 4.69) is 4.98 Å². The van der Waals surface area contributed by atoms with Crippen LogP contribution in [0.2, 0.25) is 15.2 Å². The van der Waals surface area contributed by atoms with Gasteiger partial charge in [0, 0.05) is 23.3 Å². The van der Waals surface area contributed by atoms with E-state index >= 15 is 0 Å². The van der Waals surface area contributed by atoms with Gasteiger partial charge in [0.15, 0.2) is 11.4 Å². The number of hydrogen-bond donors (Lipinski definition) is 0. The molecule has 1 aliphatic heterocycles. The van der Waals surface area contributed by atoms with Crippen LogP contribution >= 0.6 is 34.8 Å². The lowest BCUT2D eigenvalue weighted by Gasteiger charge is -2.23. The van der Waals surface area contributed by atoms with Gasteiger partial charge in [-0.2, -0.15) is 4.31 Å². The highest BCUT2D eigenvalue weighted by Crippen LogP contribution is 2.36. The second kappa shape index (κ2) is 9.31. The zero-order valence-corrected chi connectivity index (χ0v) is 20.8. The Balaban J connectivity index is 1.67. The summed E-state index contributed by atoms with van der Waals surface area (Å²) in [5.74, 6) is -0.176. The summed E-state index contributed by atoms with van der Waals surface area (Å²) in [5, 5.41) is 0.641. The molecule has 0 bridgehead atoms. The van der Waals surface area contributed by atoms with Crippen molar-refractivity contribution >= 4 is 56.4 Å². The molecule has 176 valence electrons. The third-order valence-electron chi connectivity index (χ3n) is 5.50. The molecule has 2 aromatic heterocycles. The van der Waals surface area contributed by atoms with Crippen LogP contribution in [-0.2, 0) is 26.2 Å². The van der Waals surface area contributed by atoms with Gasteiger partial charge in [0.2, 0.25) is 10.0 Å². The quantitative estimate of drug-likeness (QED) is 0.434. The van der Waals surface area contributed by atoms with Gasteiger partial charge in [-0.25, -0.2) is 13.4 Å². The maximum atomic E-state index is 13.4. The number of methoxy groups -OCH3 is 1. The molecule has 1 fully saturated rings. The zero-order chi connectivity index (χ0) is 23.9. The van der Waals surface area contributed by atoms with Crippen LogP contribution in [0.4, 0.5) is 0 Å². The molecular formula is C21H20Cl3N3O5S. The zero-order valence-electron chi connectivity index (χ0n) is 17.7. The molecule has 0 unspecified atom stereocenters. The van der Waals surface area contributed by atoms with Crippen molar-refractivity contribution in [2.45, 2.75) is 37.3 Å². The Labute approximate surface area is 206 Å².